The summed E-state index contributed by atoms with van der Waals surface area (Å²) in [7, 11) is 0. The van der Waals surface area contributed by atoms with Gasteiger partial charge in [-0.3, -0.25) is 0 Å². The molecule has 2 heterocycles. The summed E-state index contributed by atoms with van der Waals surface area (Å²) in [5.74, 6) is 1.49. The van der Waals surface area contributed by atoms with Crippen LogP contribution >= 0.6 is 11.6 Å². The van der Waals surface area contributed by atoms with Crippen molar-refractivity contribution in [1.82, 2.24) is 19.9 Å². The lowest BCUT2D eigenvalue weighted by molar-refractivity contribution is 0.691. The zero-order valence-electron chi connectivity index (χ0n) is 9.07. The van der Waals surface area contributed by atoms with Gasteiger partial charge >= 0.3 is 0 Å². The molecule has 2 aromatic heterocycles. The molecule has 0 radical (unpaired) electrons. The van der Waals surface area contributed by atoms with Crippen molar-refractivity contribution in [3.8, 4) is 0 Å². The fourth-order valence-electron chi connectivity index (χ4n) is 1.56. The second-order valence-corrected chi connectivity index (χ2v) is 4.08. The largest absolute Gasteiger partial charge is 0.366 e. The SMILES string of the molecule is CC(CCCCl)Nc1ncnc2nc[nH]c12. The lowest BCUT2D eigenvalue weighted by Gasteiger charge is -2.13. The van der Waals surface area contributed by atoms with Crippen molar-refractivity contribution in [1.29, 1.82) is 0 Å². The van der Waals surface area contributed by atoms with Crippen LogP contribution in [-0.4, -0.2) is 31.9 Å². The van der Waals surface area contributed by atoms with Crippen LogP contribution in [0, 0.1) is 0 Å². The number of H-pyrrole nitrogens is 1. The molecule has 0 bridgehead atoms. The lowest BCUT2D eigenvalue weighted by atomic mass is 10.2. The van der Waals surface area contributed by atoms with Gasteiger partial charge in [-0.05, 0) is 19.8 Å². The number of nitrogens with one attached hydrogen (secondary N) is 2. The Labute approximate surface area is 98.7 Å². The third kappa shape index (κ3) is 2.41. The van der Waals surface area contributed by atoms with E-state index >= 15 is 0 Å². The van der Waals surface area contributed by atoms with E-state index in [9.17, 15) is 0 Å². The van der Waals surface area contributed by atoms with E-state index in [1.54, 1.807) is 6.33 Å². The Morgan fingerprint density at radius 2 is 2.31 bits per heavy atom. The maximum atomic E-state index is 5.66. The molecule has 0 spiro atoms. The highest BCUT2D eigenvalue weighted by molar-refractivity contribution is 6.17. The second-order valence-electron chi connectivity index (χ2n) is 3.70. The van der Waals surface area contributed by atoms with E-state index in [0.29, 0.717) is 17.6 Å². The third-order valence-corrected chi connectivity index (χ3v) is 2.64. The number of hydrogen-bond donors (Lipinski definition) is 2. The summed E-state index contributed by atoms with van der Waals surface area (Å²) in [5, 5.41) is 3.32. The van der Waals surface area contributed by atoms with Crippen LogP contribution in [0.3, 0.4) is 0 Å². The van der Waals surface area contributed by atoms with Crippen molar-refractivity contribution in [2.45, 2.75) is 25.8 Å². The quantitative estimate of drug-likeness (QED) is 0.785. The van der Waals surface area contributed by atoms with Gasteiger partial charge in [-0.25, -0.2) is 15.0 Å². The molecule has 0 fully saturated rings. The maximum Gasteiger partial charge on any atom is 0.182 e. The van der Waals surface area contributed by atoms with Gasteiger partial charge in [-0.15, -0.1) is 11.6 Å². The Hall–Kier alpha value is -1.36. The fourth-order valence-corrected chi connectivity index (χ4v) is 1.72. The van der Waals surface area contributed by atoms with Gasteiger partial charge in [0.1, 0.15) is 11.8 Å². The molecule has 16 heavy (non-hydrogen) atoms. The first-order chi connectivity index (χ1) is 7.81. The highest BCUT2D eigenvalue weighted by Gasteiger charge is 2.08. The number of aromatic nitrogens is 4. The standard InChI is InChI=1S/C10H14ClN5/c1-7(3-2-4-11)16-10-8-9(13-5-12-8)14-6-15-10/h5-7H,2-4H2,1H3,(H2,12,13,14,15,16). The third-order valence-electron chi connectivity index (χ3n) is 2.38. The van der Waals surface area contributed by atoms with Crippen molar-refractivity contribution in [3.05, 3.63) is 12.7 Å². The molecule has 0 aliphatic heterocycles. The van der Waals surface area contributed by atoms with E-state index in [-0.39, 0.29) is 0 Å². The van der Waals surface area contributed by atoms with E-state index in [4.69, 9.17) is 11.6 Å². The molecule has 86 valence electrons. The normalized spacial score (nSPS) is 12.9. The molecule has 0 amide bonds. The first kappa shape index (κ1) is 11.1. The summed E-state index contributed by atoms with van der Waals surface area (Å²) < 4.78 is 0. The Kier molecular flexibility index (Phi) is 3.56. The van der Waals surface area contributed by atoms with Gasteiger partial charge in [-0.1, -0.05) is 0 Å². The van der Waals surface area contributed by atoms with Gasteiger partial charge in [0.05, 0.1) is 6.33 Å². The van der Waals surface area contributed by atoms with Crippen LogP contribution in [0.2, 0.25) is 0 Å². The molecule has 0 aliphatic carbocycles. The number of alkyl halides is 1. The average Bonchev–Trinajstić information content (AvgIpc) is 2.75. The lowest BCUT2D eigenvalue weighted by Crippen LogP contribution is -2.16. The van der Waals surface area contributed by atoms with Crippen molar-refractivity contribution in [2.75, 3.05) is 11.2 Å². The summed E-state index contributed by atoms with van der Waals surface area (Å²) in [5.41, 5.74) is 1.53. The number of anilines is 1. The van der Waals surface area contributed by atoms with Crippen LogP contribution in [0.25, 0.3) is 11.2 Å². The minimum Gasteiger partial charge on any atom is -0.366 e. The van der Waals surface area contributed by atoms with Crippen LogP contribution in [-0.2, 0) is 0 Å². The van der Waals surface area contributed by atoms with Crippen LogP contribution in [0.15, 0.2) is 12.7 Å². The van der Waals surface area contributed by atoms with E-state index < -0.39 is 0 Å². The van der Waals surface area contributed by atoms with E-state index in [1.807, 2.05) is 0 Å². The molecule has 0 aliphatic rings. The van der Waals surface area contributed by atoms with Crippen LogP contribution in [0.5, 0.6) is 0 Å². The smallest absolute Gasteiger partial charge is 0.182 e. The van der Waals surface area contributed by atoms with Crippen molar-refractivity contribution < 1.29 is 0 Å². The van der Waals surface area contributed by atoms with Crippen molar-refractivity contribution in [2.24, 2.45) is 0 Å². The number of halogens is 1. The zero-order chi connectivity index (χ0) is 11.4. The topological polar surface area (TPSA) is 66.5 Å². The van der Waals surface area contributed by atoms with Gasteiger partial charge < -0.3 is 10.3 Å². The van der Waals surface area contributed by atoms with Gasteiger partial charge in [-0.2, -0.15) is 0 Å². The molecule has 1 atom stereocenters. The number of fused-ring (bicyclic) bond motifs is 1. The minimum absolute atomic E-state index is 0.333. The Morgan fingerprint density at radius 3 is 3.12 bits per heavy atom. The first-order valence-electron chi connectivity index (χ1n) is 5.28. The summed E-state index contributed by atoms with van der Waals surface area (Å²) in [4.78, 5) is 15.4. The molecule has 2 aromatic rings. The average molecular weight is 240 g/mol. The maximum absolute atomic E-state index is 5.66. The van der Waals surface area contributed by atoms with Crippen LogP contribution in [0.4, 0.5) is 5.82 Å². The molecule has 0 saturated heterocycles. The van der Waals surface area contributed by atoms with Crippen LogP contribution in [0.1, 0.15) is 19.8 Å². The van der Waals surface area contributed by atoms with E-state index in [0.717, 1.165) is 24.2 Å². The highest BCUT2D eigenvalue weighted by atomic mass is 35.5. The molecular weight excluding hydrogens is 226 g/mol. The second kappa shape index (κ2) is 5.12. The highest BCUT2D eigenvalue weighted by Crippen LogP contribution is 2.16. The van der Waals surface area contributed by atoms with Gasteiger partial charge in [0.25, 0.3) is 0 Å². The monoisotopic (exact) mass is 239 g/mol. The zero-order valence-corrected chi connectivity index (χ0v) is 9.83. The number of aromatic amines is 1. The number of imidazole rings is 1. The molecule has 5 nitrogen and oxygen atoms in total. The van der Waals surface area contributed by atoms with Gasteiger partial charge in [0, 0.05) is 11.9 Å². The van der Waals surface area contributed by atoms with Gasteiger partial charge in [0.2, 0.25) is 0 Å². The number of nitrogens with zero attached hydrogens (tertiary/aromatic N) is 3. The van der Waals surface area contributed by atoms with Crippen LogP contribution < -0.4 is 5.32 Å². The van der Waals surface area contributed by atoms with Gasteiger partial charge in [0.15, 0.2) is 11.5 Å². The Bertz CT molecular complexity index is 455. The molecule has 2 N–H and O–H groups in total. The summed E-state index contributed by atoms with van der Waals surface area (Å²) in [6.45, 7) is 2.11. The molecule has 0 saturated carbocycles. The Morgan fingerprint density at radius 1 is 1.44 bits per heavy atom. The van der Waals surface area contributed by atoms with Crippen molar-refractivity contribution >= 4 is 28.6 Å². The van der Waals surface area contributed by atoms with Crippen molar-refractivity contribution in [3.63, 3.8) is 0 Å². The fraction of sp³-hybridized carbons (Fsp3) is 0.500. The summed E-state index contributed by atoms with van der Waals surface area (Å²) in [6, 6.07) is 0.333. The minimum atomic E-state index is 0.333. The first-order valence-corrected chi connectivity index (χ1v) is 5.81. The summed E-state index contributed by atoms with van der Waals surface area (Å²) in [6.07, 6.45) is 5.14. The molecule has 2 rings (SSSR count). The predicted molar refractivity (Wildman–Crippen MR) is 64.7 cm³/mol. The van der Waals surface area contributed by atoms with E-state index in [1.165, 1.54) is 6.33 Å². The number of rotatable bonds is 5. The predicted octanol–water partition coefficient (Wildman–Crippen LogP) is 2.17. The molecule has 1 unspecified atom stereocenters. The number of hydrogen-bond acceptors (Lipinski definition) is 4. The molecular formula is C10H14ClN5. The summed E-state index contributed by atoms with van der Waals surface area (Å²) >= 11 is 5.66. The Balaban J connectivity index is 2.11. The van der Waals surface area contributed by atoms with E-state index in [2.05, 4.69) is 32.2 Å². The molecule has 0 aromatic carbocycles. The molecule has 6 heteroatoms.